The number of ether oxygens (including phenoxy) is 1. The molecule has 0 aromatic heterocycles. The minimum atomic E-state index is 0.441. The lowest BCUT2D eigenvalue weighted by Gasteiger charge is -2.19. The van der Waals surface area contributed by atoms with E-state index < -0.39 is 0 Å². The van der Waals surface area contributed by atoms with Crippen molar-refractivity contribution in [1.29, 1.82) is 0 Å². The van der Waals surface area contributed by atoms with Crippen LogP contribution in [0.1, 0.15) is 30.4 Å². The Balaban J connectivity index is 1.86. The zero-order valence-corrected chi connectivity index (χ0v) is 12.5. The Kier molecular flexibility index (Phi) is 4.77. The van der Waals surface area contributed by atoms with E-state index in [1.165, 1.54) is 19.4 Å². The van der Waals surface area contributed by atoms with E-state index >= 15 is 0 Å². The quantitative estimate of drug-likeness (QED) is 0.840. The van der Waals surface area contributed by atoms with Gasteiger partial charge in [0.2, 0.25) is 0 Å². The maximum absolute atomic E-state index is 5.82. The molecular weight excluding hydrogens is 256 g/mol. The molecule has 0 aliphatic carbocycles. The summed E-state index contributed by atoms with van der Waals surface area (Å²) < 4.78 is 5.82. The van der Waals surface area contributed by atoms with Gasteiger partial charge in [0.25, 0.3) is 0 Å². The maximum Gasteiger partial charge on any atom is 0.119 e. The molecule has 0 saturated carbocycles. The van der Waals surface area contributed by atoms with Gasteiger partial charge < -0.3 is 15.4 Å². The van der Waals surface area contributed by atoms with Crippen LogP contribution < -0.4 is 10.5 Å². The number of hydrogen-bond donors (Lipinski definition) is 1. The van der Waals surface area contributed by atoms with Gasteiger partial charge >= 0.3 is 0 Å². The van der Waals surface area contributed by atoms with Crippen molar-refractivity contribution in [2.75, 3.05) is 20.2 Å². The lowest BCUT2D eigenvalue weighted by atomic mass is 10.1. The second kappa shape index (κ2) is 6.35. The number of thiocarbonyl (C=S) groups is 1. The fourth-order valence-electron chi connectivity index (χ4n) is 2.66. The predicted molar refractivity (Wildman–Crippen MR) is 82.8 cm³/mol. The van der Waals surface area contributed by atoms with E-state index in [2.05, 4.69) is 11.9 Å². The summed E-state index contributed by atoms with van der Waals surface area (Å²) in [7, 11) is 2.19. The van der Waals surface area contributed by atoms with E-state index in [-0.39, 0.29) is 0 Å². The summed E-state index contributed by atoms with van der Waals surface area (Å²) in [5, 5.41) is 0. The van der Waals surface area contributed by atoms with Crippen LogP contribution in [-0.2, 0) is 0 Å². The molecule has 0 amide bonds. The highest BCUT2D eigenvalue weighted by Gasteiger charge is 2.20. The average Bonchev–Trinajstić information content (AvgIpc) is 2.75. The molecule has 1 saturated heterocycles. The molecule has 0 spiro atoms. The SMILES string of the molecule is Cc1cc(OCCC2CCCN2C)ccc1C(N)=S. The van der Waals surface area contributed by atoms with Crippen LogP contribution in [0, 0.1) is 6.92 Å². The summed E-state index contributed by atoms with van der Waals surface area (Å²) in [5.41, 5.74) is 7.65. The van der Waals surface area contributed by atoms with Gasteiger partial charge in [-0.1, -0.05) is 12.2 Å². The molecule has 1 aliphatic rings. The first-order chi connectivity index (χ1) is 9.08. The second-order valence-corrected chi connectivity index (χ2v) is 5.69. The molecule has 0 radical (unpaired) electrons. The number of hydrogen-bond acceptors (Lipinski definition) is 3. The van der Waals surface area contributed by atoms with Gasteiger partial charge in [-0.3, -0.25) is 0 Å². The van der Waals surface area contributed by atoms with Crippen LogP contribution in [0.25, 0.3) is 0 Å². The molecule has 2 N–H and O–H groups in total. The van der Waals surface area contributed by atoms with E-state index in [9.17, 15) is 0 Å². The van der Waals surface area contributed by atoms with Crippen molar-refractivity contribution >= 4 is 17.2 Å². The summed E-state index contributed by atoms with van der Waals surface area (Å²) >= 11 is 5.00. The average molecular weight is 278 g/mol. The Morgan fingerprint density at radius 3 is 2.89 bits per heavy atom. The molecule has 4 heteroatoms. The van der Waals surface area contributed by atoms with E-state index in [0.29, 0.717) is 11.0 Å². The number of benzene rings is 1. The van der Waals surface area contributed by atoms with Gasteiger partial charge in [0, 0.05) is 11.6 Å². The molecule has 1 aromatic carbocycles. The van der Waals surface area contributed by atoms with Crippen molar-refractivity contribution in [1.82, 2.24) is 4.90 Å². The molecule has 1 heterocycles. The fourth-order valence-corrected chi connectivity index (χ4v) is 2.89. The Hall–Kier alpha value is -1.13. The summed E-state index contributed by atoms with van der Waals surface area (Å²) in [6, 6.07) is 6.57. The molecule has 0 bridgehead atoms. The van der Waals surface area contributed by atoms with E-state index in [1.54, 1.807) is 0 Å². The maximum atomic E-state index is 5.82. The van der Waals surface area contributed by atoms with Gasteiger partial charge in [-0.25, -0.2) is 0 Å². The van der Waals surface area contributed by atoms with Gasteiger partial charge in [-0.05, 0) is 63.5 Å². The lowest BCUT2D eigenvalue weighted by Crippen LogP contribution is -2.26. The van der Waals surface area contributed by atoms with Crippen molar-refractivity contribution in [3.8, 4) is 5.75 Å². The standard InChI is InChI=1S/C15H22N2OS/c1-11-10-13(5-6-14(11)15(16)19)18-9-7-12-4-3-8-17(12)2/h5-6,10,12H,3-4,7-9H2,1-2H3,(H2,16,19). The molecule has 1 unspecified atom stereocenters. The van der Waals surface area contributed by atoms with Crippen LogP contribution in [0.3, 0.4) is 0 Å². The van der Waals surface area contributed by atoms with Crippen LogP contribution in [0.2, 0.25) is 0 Å². The first-order valence-corrected chi connectivity index (χ1v) is 7.22. The summed E-state index contributed by atoms with van der Waals surface area (Å²) in [6.45, 7) is 3.99. The topological polar surface area (TPSA) is 38.5 Å². The van der Waals surface area contributed by atoms with Crippen LogP contribution in [0.5, 0.6) is 5.75 Å². The van der Waals surface area contributed by atoms with Crippen molar-refractivity contribution in [2.45, 2.75) is 32.2 Å². The highest BCUT2D eigenvalue weighted by molar-refractivity contribution is 7.80. The second-order valence-electron chi connectivity index (χ2n) is 5.25. The van der Waals surface area contributed by atoms with Gasteiger partial charge in [0.15, 0.2) is 0 Å². The molecule has 1 aromatic rings. The monoisotopic (exact) mass is 278 g/mol. The third-order valence-electron chi connectivity index (χ3n) is 3.85. The smallest absolute Gasteiger partial charge is 0.119 e. The van der Waals surface area contributed by atoms with E-state index in [1.807, 2.05) is 25.1 Å². The molecule has 104 valence electrons. The van der Waals surface area contributed by atoms with Gasteiger partial charge in [-0.2, -0.15) is 0 Å². The van der Waals surface area contributed by atoms with Crippen LogP contribution >= 0.6 is 12.2 Å². The minimum absolute atomic E-state index is 0.441. The number of nitrogens with two attached hydrogens (primary N) is 1. The summed E-state index contributed by atoms with van der Waals surface area (Å²) in [4.78, 5) is 2.86. The van der Waals surface area contributed by atoms with E-state index in [4.69, 9.17) is 22.7 Å². The molecule has 3 nitrogen and oxygen atoms in total. The predicted octanol–water partition coefficient (Wildman–Crippen LogP) is 2.49. The first-order valence-electron chi connectivity index (χ1n) is 6.81. The number of aryl methyl sites for hydroxylation is 1. The summed E-state index contributed by atoms with van der Waals surface area (Å²) in [5.74, 6) is 0.901. The molecule has 1 atom stereocenters. The number of nitrogens with zero attached hydrogens (tertiary/aromatic N) is 1. The van der Waals surface area contributed by atoms with E-state index in [0.717, 1.165) is 29.9 Å². The van der Waals surface area contributed by atoms with Crippen molar-refractivity contribution < 1.29 is 4.74 Å². The minimum Gasteiger partial charge on any atom is -0.494 e. The highest BCUT2D eigenvalue weighted by atomic mass is 32.1. The van der Waals surface area contributed by atoms with Gasteiger partial charge in [0.1, 0.15) is 10.7 Å². The highest BCUT2D eigenvalue weighted by Crippen LogP contribution is 2.20. The molecule has 1 aliphatic heterocycles. The Labute approximate surface area is 120 Å². The first kappa shape index (κ1) is 14.3. The number of likely N-dealkylation sites (tertiary alicyclic amines) is 1. The molecule has 2 rings (SSSR count). The van der Waals surface area contributed by atoms with Crippen LogP contribution in [-0.4, -0.2) is 36.1 Å². The Morgan fingerprint density at radius 2 is 2.32 bits per heavy atom. The third-order valence-corrected chi connectivity index (χ3v) is 4.07. The molecule has 19 heavy (non-hydrogen) atoms. The lowest BCUT2D eigenvalue weighted by molar-refractivity contribution is 0.233. The zero-order valence-electron chi connectivity index (χ0n) is 11.7. The third kappa shape index (κ3) is 3.67. The summed E-state index contributed by atoms with van der Waals surface area (Å²) in [6.07, 6.45) is 3.69. The fraction of sp³-hybridized carbons (Fsp3) is 0.533. The van der Waals surface area contributed by atoms with Crippen molar-refractivity contribution in [2.24, 2.45) is 5.73 Å². The number of rotatable bonds is 5. The van der Waals surface area contributed by atoms with Crippen LogP contribution in [0.4, 0.5) is 0 Å². The van der Waals surface area contributed by atoms with Gasteiger partial charge in [0.05, 0.1) is 6.61 Å². The Bertz CT molecular complexity index is 461. The largest absolute Gasteiger partial charge is 0.494 e. The van der Waals surface area contributed by atoms with Crippen LogP contribution in [0.15, 0.2) is 18.2 Å². The van der Waals surface area contributed by atoms with Crippen molar-refractivity contribution in [3.05, 3.63) is 29.3 Å². The normalized spacial score (nSPS) is 19.6. The molecular formula is C15H22N2OS. The zero-order chi connectivity index (χ0) is 13.8. The van der Waals surface area contributed by atoms with Crippen molar-refractivity contribution in [3.63, 3.8) is 0 Å². The Morgan fingerprint density at radius 1 is 1.53 bits per heavy atom. The van der Waals surface area contributed by atoms with Gasteiger partial charge in [-0.15, -0.1) is 0 Å². The molecule has 1 fully saturated rings.